The summed E-state index contributed by atoms with van der Waals surface area (Å²) in [6.45, 7) is 1.89. The van der Waals surface area contributed by atoms with Crippen LogP contribution in [0.4, 0.5) is 0 Å². The highest BCUT2D eigenvalue weighted by Gasteiger charge is 2.18. The second kappa shape index (κ2) is 7.26. The summed E-state index contributed by atoms with van der Waals surface area (Å²) in [5.74, 6) is 0. The van der Waals surface area contributed by atoms with Crippen molar-refractivity contribution in [3.8, 4) is 5.69 Å². The lowest BCUT2D eigenvalue weighted by molar-refractivity contribution is 0.560. The van der Waals surface area contributed by atoms with Crippen LogP contribution < -0.4 is 4.72 Å². The van der Waals surface area contributed by atoms with Gasteiger partial charge < -0.3 is 0 Å². The van der Waals surface area contributed by atoms with Crippen LogP contribution in [0.1, 0.15) is 12.5 Å². The van der Waals surface area contributed by atoms with Gasteiger partial charge in [0, 0.05) is 23.1 Å². The summed E-state index contributed by atoms with van der Waals surface area (Å²) in [7, 11) is -3.58. The van der Waals surface area contributed by atoms with Crippen LogP contribution in [0, 0.1) is 0 Å². The Bertz CT molecular complexity index is 1150. The highest BCUT2D eigenvalue weighted by Crippen LogP contribution is 2.26. The summed E-state index contributed by atoms with van der Waals surface area (Å²) >= 11 is 1.69. The molecule has 4 aromatic rings. The second-order valence-corrected chi connectivity index (χ2v) is 9.05. The van der Waals surface area contributed by atoms with Gasteiger partial charge >= 0.3 is 0 Å². The van der Waals surface area contributed by atoms with Gasteiger partial charge in [0.15, 0.2) is 0 Å². The molecule has 138 valence electrons. The van der Waals surface area contributed by atoms with Gasteiger partial charge in [0.25, 0.3) is 0 Å². The Balaban J connectivity index is 1.49. The molecule has 1 atom stereocenters. The minimum Gasteiger partial charge on any atom is -0.241 e. The SMILES string of the molecule is C[C@H](Cc1csc2ccccc12)NS(=O)(=O)c1ccc(-n2cccn2)cc1. The first kappa shape index (κ1) is 17.9. The van der Waals surface area contributed by atoms with Crippen molar-refractivity contribution in [2.75, 3.05) is 0 Å². The summed E-state index contributed by atoms with van der Waals surface area (Å²) < 4.78 is 31.1. The summed E-state index contributed by atoms with van der Waals surface area (Å²) in [5.41, 5.74) is 1.98. The number of benzene rings is 2. The van der Waals surface area contributed by atoms with E-state index in [4.69, 9.17) is 0 Å². The van der Waals surface area contributed by atoms with Gasteiger partial charge in [0.1, 0.15) is 0 Å². The van der Waals surface area contributed by atoms with E-state index in [9.17, 15) is 8.42 Å². The van der Waals surface area contributed by atoms with Crippen LogP contribution >= 0.6 is 11.3 Å². The lowest BCUT2D eigenvalue weighted by atomic mass is 10.1. The number of thiophene rings is 1. The molecule has 0 bridgehead atoms. The standard InChI is InChI=1S/C20H19N3O2S2/c1-15(13-16-14-26-20-6-3-2-5-19(16)20)22-27(24,25)18-9-7-17(8-10-18)23-12-4-11-21-23/h2-12,14-15,22H,13H2,1H3/t15-/m1/s1. The zero-order valence-electron chi connectivity index (χ0n) is 14.7. The molecule has 4 rings (SSSR count). The molecule has 0 aliphatic rings. The van der Waals surface area contributed by atoms with Crippen molar-refractivity contribution in [2.24, 2.45) is 0 Å². The molecule has 0 saturated heterocycles. The lowest BCUT2D eigenvalue weighted by Crippen LogP contribution is -2.34. The highest BCUT2D eigenvalue weighted by molar-refractivity contribution is 7.89. The van der Waals surface area contributed by atoms with Crippen molar-refractivity contribution >= 4 is 31.4 Å². The number of nitrogens with one attached hydrogen (secondary N) is 1. The van der Waals surface area contributed by atoms with E-state index in [0.29, 0.717) is 6.42 Å². The van der Waals surface area contributed by atoms with E-state index in [0.717, 1.165) is 5.69 Å². The molecule has 0 aliphatic carbocycles. The van der Waals surface area contributed by atoms with E-state index in [2.05, 4.69) is 27.3 Å². The Morgan fingerprint density at radius 2 is 1.89 bits per heavy atom. The average Bonchev–Trinajstić information content (AvgIpc) is 3.32. The van der Waals surface area contributed by atoms with Gasteiger partial charge in [-0.3, -0.25) is 0 Å². The normalized spacial score (nSPS) is 13.1. The van der Waals surface area contributed by atoms with Crippen LogP contribution in [0.3, 0.4) is 0 Å². The Kier molecular flexibility index (Phi) is 4.82. The number of aromatic nitrogens is 2. The quantitative estimate of drug-likeness (QED) is 0.535. The first-order valence-electron chi connectivity index (χ1n) is 8.60. The Morgan fingerprint density at radius 3 is 2.63 bits per heavy atom. The summed E-state index contributed by atoms with van der Waals surface area (Å²) in [4.78, 5) is 0.250. The molecule has 2 aromatic heterocycles. The van der Waals surface area contributed by atoms with Crippen LogP contribution in [-0.4, -0.2) is 24.2 Å². The topological polar surface area (TPSA) is 64.0 Å². The fraction of sp³-hybridized carbons (Fsp3) is 0.150. The summed E-state index contributed by atoms with van der Waals surface area (Å²) in [6, 6.07) is 16.5. The van der Waals surface area contributed by atoms with Crippen LogP contribution in [0.2, 0.25) is 0 Å². The molecule has 7 heteroatoms. The zero-order valence-corrected chi connectivity index (χ0v) is 16.4. The number of sulfonamides is 1. The van der Waals surface area contributed by atoms with Crippen molar-refractivity contribution in [3.05, 3.63) is 77.9 Å². The first-order chi connectivity index (χ1) is 13.0. The molecule has 0 saturated carbocycles. The average molecular weight is 398 g/mol. The molecule has 1 N–H and O–H groups in total. The molecule has 2 heterocycles. The molecule has 0 radical (unpaired) electrons. The molecule has 0 amide bonds. The minimum absolute atomic E-state index is 0.209. The third-order valence-corrected chi connectivity index (χ3v) is 6.98. The van der Waals surface area contributed by atoms with Gasteiger partial charge in [-0.05, 0) is 66.1 Å². The third kappa shape index (κ3) is 3.80. The maximum Gasteiger partial charge on any atom is 0.240 e. The van der Waals surface area contributed by atoms with E-state index < -0.39 is 10.0 Å². The monoisotopic (exact) mass is 397 g/mol. The van der Waals surface area contributed by atoms with E-state index in [-0.39, 0.29) is 10.9 Å². The molecule has 0 aliphatic heterocycles. The molecule has 5 nitrogen and oxygen atoms in total. The van der Waals surface area contributed by atoms with Crippen molar-refractivity contribution in [1.29, 1.82) is 0 Å². The minimum atomic E-state index is -3.58. The number of nitrogens with zero attached hydrogens (tertiary/aromatic N) is 2. The largest absolute Gasteiger partial charge is 0.241 e. The van der Waals surface area contributed by atoms with Crippen LogP contribution in [0.25, 0.3) is 15.8 Å². The number of hydrogen-bond acceptors (Lipinski definition) is 4. The Labute approximate surface area is 162 Å². The molecule has 27 heavy (non-hydrogen) atoms. The van der Waals surface area contributed by atoms with Gasteiger partial charge in [0.2, 0.25) is 10.0 Å². The maximum atomic E-state index is 12.7. The molecular weight excluding hydrogens is 378 g/mol. The number of hydrogen-bond donors (Lipinski definition) is 1. The van der Waals surface area contributed by atoms with Gasteiger partial charge in [-0.2, -0.15) is 5.10 Å². The predicted molar refractivity (Wildman–Crippen MR) is 109 cm³/mol. The van der Waals surface area contributed by atoms with Gasteiger partial charge in [-0.25, -0.2) is 17.8 Å². The smallest absolute Gasteiger partial charge is 0.240 e. The molecule has 2 aromatic carbocycles. The van der Waals surface area contributed by atoms with Crippen molar-refractivity contribution in [2.45, 2.75) is 24.3 Å². The van der Waals surface area contributed by atoms with E-state index >= 15 is 0 Å². The third-order valence-electron chi connectivity index (χ3n) is 4.36. The Morgan fingerprint density at radius 1 is 1.11 bits per heavy atom. The molecule has 0 spiro atoms. The zero-order chi connectivity index (χ0) is 18.9. The van der Waals surface area contributed by atoms with Gasteiger partial charge in [-0.1, -0.05) is 18.2 Å². The van der Waals surface area contributed by atoms with Crippen molar-refractivity contribution in [3.63, 3.8) is 0 Å². The summed E-state index contributed by atoms with van der Waals surface area (Å²) in [5, 5.41) is 7.44. The van der Waals surface area contributed by atoms with Crippen LogP contribution in [0.5, 0.6) is 0 Å². The molecule has 0 fully saturated rings. The molecular formula is C20H19N3O2S2. The fourth-order valence-electron chi connectivity index (χ4n) is 3.09. The first-order valence-corrected chi connectivity index (χ1v) is 11.0. The van der Waals surface area contributed by atoms with E-state index in [1.165, 1.54) is 15.6 Å². The number of rotatable bonds is 6. The van der Waals surface area contributed by atoms with Gasteiger partial charge in [-0.15, -0.1) is 11.3 Å². The van der Waals surface area contributed by atoms with Gasteiger partial charge in [0.05, 0.1) is 10.6 Å². The highest BCUT2D eigenvalue weighted by atomic mass is 32.2. The van der Waals surface area contributed by atoms with Crippen molar-refractivity contribution in [1.82, 2.24) is 14.5 Å². The second-order valence-electron chi connectivity index (χ2n) is 6.43. The van der Waals surface area contributed by atoms with E-state index in [1.807, 2.05) is 31.3 Å². The van der Waals surface area contributed by atoms with Crippen LogP contribution in [-0.2, 0) is 16.4 Å². The van der Waals surface area contributed by atoms with E-state index in [1.54, 1.807) is 46.5 Å². The van der Waals surface area contributed by atoms with Crippen molar-refractivity contribution < 1.29 is 8.42 Å². The summed E-state index contributed by atoms with van der Waals surface area (Å²) in [6.07, 6.45) is 4.14. The Hall–Kier alpha value is -2.48. The number of fused-ring (bicyclic) bond motifs is 1. The fourth-order valence-corrected chi connectivity index (χ4v) is 5.31. The van der Waals surface area contributed by atoms with Crippen LogP contribution in [0.15, 0.2) is 77.3 Å². The molecule has 0 unspecified atom stereocenters. The predicted octanol–water partition coefficient (Wildman–Crippen LogP) is 4.00. The lowest BCUT2D eigenvalue weighted by Gasteiger charge is -2.14. The maximum absolute atomic E-state index is 12.7.